The van der Waals surface area contributed by atoms with Crippen LogP contribution < -0.4 is 20.3 Å². The van der Waals surface area contributed by atoms with Crippen molar-refractivity contribution in [1.82, 2.24) is 24.8 Å². The van der Waals surface area contributed by atoms with Crippen molar-refractivity contribution in [2.75, 3.05) is 45.7 Å². The van der Waals surface area contributed by atoms with Crippen LogP contribution in [0.2, 0.25) is 0 Å². The number of fused-ring (bicyclic) bond motifs is 2. The lowest BCUT2D eigenvalue weighted by Gasteiger charge is -2.33. The number of anilines is 1. The number of methoxy groups -OCH3 is 1. The molecule has 2 aromatic heterocycles. The van der Waals surface area contributed by atoms with Gasteiger partial charge in [0.15, 0.2) is 11.5 Å². The highest BCUT2D eigenvalue weighted by Crippen LogP contribution is 2.33. The molecule has 2 aliphatic rings. The molecule has 2 aromatic carbocycles. The van der Waals surface area contributed by atoms with Crippen molar-refractivity contribution in [3.63, 3.8) is 0 Å². The first-order valence-corrected chi connectivity index (χ1v) is 13.9. The number of aliphatic hydroxyl groups excluding tert-OH is 1. The Morgan fingerprint density at radius 3 is 2.58 bits per heavy atom. The van der Waals surface area contributed by atoms with Gasteiger partial charge in [-0.2, -0.15) is 0 Å². The number of ether oxygens (including phenoxy) is 2. The molecule has 0 unspecified atom stereocenters. The topological polar surface area (TPSA) is 153 Å². The molecule has 1 saturated heterocycles. The highest BCUT2D eigenvalue weighted by molar-refractivity contribution is 6.23. The fourth-order valence-electron chi connectivity index (χ4n) is 5.56. The number of rotatable bonds is 9. The van der Waals surface area contributed by atoms with Crippen LogP contribution in [-0.2, 0) is 0 Å². The Labute approximate surface area is 245 Å². The molecule has 6 rings (SSSR count). The molecule has 2 amide bonds. The summed E-state index contributed by atoms with van der Waals surface area (Å²) in [6.07, 6.45) is 1.93. The Morgan fingerprint density at radius 2 is 1.84 bits per heavy atom. The lowest BCUT2D eigenvalue weighted by Crippen LogP contribution is -2.46. The first-order chi connectivity index (χ1) is 20.7. The number of halogens is 1. The third-order valence-electron chi connectivity index (χ3n) is 7.86. The van der Waals surface area contributed by atoms with Crippen molar-refractivity contribution < 1.29 is 28.6 Å². The van der Waals surface area contributed by atoms with Crippen molar-refractivity contribution in [3.8, 4) is 22.9 Å². The maximum atomic E-state index is 13.4. The molecular weight excluding hydrogens is 559 g/mol. The molecule has 43 heavy (non-hydrogen) atoms. The smallest absolute Gasteiger partial charge is 0.261 e. The minimum Gasteiger partial charge on any atom is -0.493 e. The molecule has 1 fully saturated rings. The van der Waals surface area contributed by atoms with Crippen LogP contribution in [0.3, 0.4) is 0 Å². The number of amides is 2. The van der Waals surface area contributed by atoms with E-state index in [0.717, 1.165) is 25.9 Å². The van der Waals surface area contributed by atoms with Crippen LogP contribution >= 0.6 is 0 Å². The molecule has 0 bridgehead atoms. The van der Waals surface area contributed by atoms with Crippen LogP contribution in [-0.4, -0.2) is 94.2 Å². The summed E-state index contributed by atoms with van der Waals surface area (Å²) in [5, 5.41) is 13.6. The lowest BCUT2D eigenvalue weighted by molar-refractivity contribution is 0.0516. The van der Waals surface area contributed by atoms with E-state index in [9.17, 15) is 23.9 Å². The number of carbonyl (C=O) groups excluding carboxylic acids is 2. The average Bonchev–Trinajstić information content (AvgIpc) is 3.51. The van der Waals surface area contributed by atoms with Crippen molar-refractivity contribution in [1.29, 1.82) is 0 Å². The Balaban J connectivity index is 1.20. The quantitative estimate of drug-likeness (QED) is 0.216. The van der Waals surface area contributed by atoms with Crippen LogP contribution in [0.1, 0.15) is 33.6 Å². The summed E-state index contributed by atoms with van der Waals surface area (Å²) in [5.41, 5.74) is 1.72. The Bertz CT molecular complexity index is 1710. The predicted octanol–water partition coefficient (Wildman–Crippen LogP) is 2.61. The molecular formula is C30H31FN6O6. The fourth-order valence-corrected chi connectivity index (χ4v) is 5.56. The number of aromatic nitrogens is 3. The minimum atomic E-state index is -0.995. The first kappa shape index (κ1) is 28.4. The number of H-pyrrole nitrogens is 2. The van der Waals surface area contributed by atoms with Crippen molar-refractivity contribution >= 4 is 28.5 Å². The van der Waals surface area contributed by atoms with Gasteiger partial charge in [-0.25, -0.2) is 9.37 Å². The molecule has 0 radical (unpaired) electrons. The molecule has 1 atom stereocenters. The summed E-state index contributed by atoms with van der Waals surface area (Å²) in [5.74, 6) is -0.406. The van der Waals surface area contributed by atoms with Gasteiger partial charge in [-0.1, -0.05) is 0 Å². The summed E-state index contributed by atoms with van der Waals surface area (Å²) in [6, 6.07) is 8.52. The number of piperidine rings is 1. The zero-order valence-electron chi connectivity index (χ0n) is 23.6. The number of likely N-dealkylation sites (tertiary alicyclic amines) is 1. The number of hydrogen-bond donors (Lipinski definition) is 4. The molecule has 0 saturated carbocycles. The van der Waals surface area contributed by atoms with Gasteiger partial charge in [-0.15, -0.1) is 0 Å². The fraction of sp³-hybridized carbons (Fsp3) is 0.333. The number of carbonyl (C=O) groups is 2. The third kappa shape index (κ3) is 5.44. The van der Waals surface area contributed by atoms with E-state index in [1.165, 1.54) is 36.4 Å². The molecule has 2 aliphatic heterocycles. The molecule has 4 aromatic rings. The van der Waals surface area contributed by atoms with Gasteiger partial charge in [0.2, 0.25) is 0 Å². The molecule has 4 heterocycles. The summed E-state index contributed by atoms with van der Waals surface area (Å²) in [4.78, 5) is 53.4. The number of hydrogen-bond acceptors (Lipinski definition) is 9. The maximum Gasteiger partial charge on any atom is 0.261 e. The first-order valence-electron chi connectivity index (χ1n) is 13.9. The number of benzene rings is 2. The monoisotopic (exact) mass is 590 g/mol. The molecule has 12 nitrogen and oxygen atoms in total. The van der Waals surface area contributed by atoms with Crippen LogP contribution in [0.25, 0.3) is 22.4 Å². The summed E-state index contributed by atoms with van der Waals surface area (Å²) >= 11 is 0. The number of nitrogens with zero attached hydrogens (tertiary/aromatic N) is 3. The molecule has 0 aliphatic carbocycles. The second-order valence-corrected chi connectivity index (χ2v) is 10.8. The molecule has 224 valence electrons. The molecule has 4 N–H and O–H groups in total. The Kier molecular flexibility index (Phi) is 7.59. The average molecular weight is 591 g/mol. The largest absolute Gasteiger partial charge is 0.493 e. The predicted molar refractivity (Wildman–Crippen MR) is 156 cm³/mol. The summed E-state index contributed by atoms with van der Waals surface area (Å²) < 4.78 is 24.1. The van der Waals surface area contributed by atoms with E-state index in [2.05, 4.69) is 25.2 Å². The summed E-state index contributed by atoms with van der Waals surface area (Å²) in [7, 11) is 3.41. The SMILES string of the molecule is COc1cc(F)ccc1OC[C@H](O)CNc1cc[nH]c(=O)c1-c1nc2cc3c(cc2[nH]1)C(=O)N(C1CCN(C)CC1)C3=O. The van der Waals surface area contributed by atoms with Gasteiger partial charge in [0, 0.05) is 24.8 Å². The van der Waals surface area contributed by atoms with E-state index in [1.54, 1.807) is 18.2 Å². The van der Waals surface area contributed by atoms with Crippen molar-refractivity contribution in [2.24, 2.45) is 0 Å². The number of imide groups is 1. The van der Waals surface area contributed by atoms with Gasteiger partial charge in [0.1, 0.15) is 29.9 Å². The second-order valence-electron chi connectivity index (χ2n) is 10.8. The number of imidazole rings is 1. The van der Waals surface area contributed by atoms with Gasteiger partial charge >= 0.3 is 0 Å². The Hall–Kier alpha value is -4.75. The zero-order chi connectivity index (χ0) is 30.2. The maximum absolute atomic E-state index is 13.4. The number of nitrogens with one attached hydrogen (secondary N) is 3. The Morgan fingerprint density at radius 1 is 1.09 bits per heavy atom. The highest BCUT2D eigenvalue weighted by Gasteiger charge is 2.41. The van der Waals surface area contributed by atoms with Crippen LogP contribution in [0.4, 0.5) is 10.1 Å². The van der Waals surface area contributed by atoms with Gasteiger partial charge in [-0.05, 0) is 63.3 Å². The summed E-state index contributed by atoms with van der Waals surface area (Å²) in [6.45, 7) is 1.53. The number of aliphatic hydroxyl groups is 1. The lowest BCUT2D eigenvalue weighted by atomic mass is 10.0. The van der Waals surface area contributed by atoms with Crippen molar-refractivity contribution in [2.45, 2.75) is 25.0 Å². The number of pyridine rings is 1. The van der Waals surface area contributed by atoms with Crippen LogP contribution in [0, 0.1) is 5.82 Å². The van der Waals surface area contributed by atoms with E-state index in [0.29, 0.717) is 27.8 Å². The second kappa shape index (κ2) is 11.5. The van der Waals surface area contributed by atoms with E-state index >= 15 is 0 Å². The van der Waals surface area contributed by atoms with E-state index < -0.39 is 17.5 Å². The van der Waals surface area contributed by atoms with Gasteiger partial charge in [-0.3, -0.25) is 19.3 Å². The highest BCUT2D eigenvalue weighted by atomic mass is 19.1. The van der Waals surface area contributed by atoms with E-state index in [1.807, 2.05) is 7.05 Å². The third-order valence-corrected chi connectivity index (χ3v) is 7.86. The van der Waals surface area contributed by atoms with Gasteiger partial charge in [0.25, 0.3) is 17.4 Å². The van der Waals surface area contributed by atoms with Gasteiger partial charge in [0.05, 0.1) is 35.0 Å². The normalized spacial score (nSPS) is 16.5. The molecule has 0 spiro atoms. The van der Waals surface area contributed by atoms with Crippen LogP contribution in [0.5, 0.6) is 11.5 Å². The molecule has 13 heteroatoms. The van der Waals surface area contributed by atoms with E-state index in [4.69, 9.17) is 9.47 Å². The number of aromatic amines is 2. The minimum absolute atomic E-state index is 0.0181. The van der Waals surface area contributed by atoms with Crippen LogP contribution in [0.15, 0.2) is 47.4 Å². The van der Waals surface area contributed by atoms with Gasteiger partial charge < -0.3 is 34.8 Å². The standard InChI is InChI=1S/C30H31FN6O6/c1-36-9-6-17(7-10-36)37-29(40)19-12-22-23(13-20(19)30(37)41)35-27(34-22)26-21(5-8-32-28(26)39)33-14-18(38)15-43-24-4-3-16(31)11-25(24)42-2/h3-5,8,11-13,17-18,38H,6-7,9-10,14-15H2,1-2H3,(H,34,35)(H2,32,33,39)/t18-/m1/s1. The zero-order valence-corrected chi connectivity index (χ0v) is 23.6. The van der Waals surface area contributed by atoms with Crippen molar-refractivity contribution in [3.05, 3.63) is 69.9 Å². The van der Waals surface area contributed by atoms with E-state index in [-0.39, 0.29) is 53.9 Å².